The summed E-state index contributed by atoms with van der Waals surface area (Å²) in [6, 6.07) is 0. The quantitative estimate of drug-likeness (QED) is 0.0193. The molecule has 0 saturated carbocycles. The maximum atomic E-state index is 12.1. The van der Waals surface area contributed by atoms with Crippen molar-refractivity contribution in [3.05, 3.63) is 24.3 Å². The number of hydrogen-bond donors (Lipinski definition) is 4. The summed E-state index contributed by atoms with van der Waals surface area (Å²) in [4.78, 5) is 67.6. The van der Waals surface area contributed by atoms with Gasteiger partial charge in [0.1, 0.15) is 13.2 Å². The van der Waals surface area contributed by atoms with Crippen LogP contribution >= 0.6 is 0 Å². The maximum absolute atomic E-state index is 12.1. The highest BCUT2D eigenvalue weighted by Crippen LogP contribution is 2.17. The molecule has 14 heteroatoms. The Labute approximate surface area is 564 Å². The smallest absolute Gasteiger partial charge is 0.306 e. The van der Waals surface area contributed by atoms with E-state index < -0.39 is 24.1 Å². The highest BCUT2D eigenvalue weighted by molar-refractivity contribution is 5.75. The lowest BCUT2D eigenvalue weighted by atomic mass is 10.0. The molecule has 2 atom stereocenters. The Bertz CT molecular complexity index is 1530. The molecule has 0 heterocycles. The van der Waals surface area contributed by atoms with E-state index in [1.54, 1.807) is 0 Å². The molecule has 0 amide bonds. The number of ether oxygens (including phenoxy) is 4. The van der Waals surface area contributed by atoms with E-state index in [0.717, 1.165) is 89.9 Å². The fraction of sp³-hybridized carbons (Fsp3) is 0.872. The molecule has 542 valence electrons. The Hall–Kier alpha value is -3.78. The van der Waals surface area contributed by atoms with Crippen LogP contribution < -0.4 is 0 Å². The van der Waals surface area contributed by atoms with Gasteiger partial charge in [-0.25, -0.2) is 0 Å². The molecule has 92 heavy (non-hydrogen) atoms. The SMILES string of the molecule is CCCCCCCC/C=C\CCCCCCCC(=O)OC(CO)COC(=O)CCCCCCCCCCCCCCC.CCCCCCCC/C=C\CCCCCCCC(=O)OC(CO)COC(=O)CCCCCCCCCCCCCCC.O=C(O)CCC(=O)O. The molecular weight excluding hydrogens is 1160 g/mol. The fourth-order valence-electron chi connectivity index (χ4n) is 10.7. The average molecular weight is 1310 g/mol. The average Bonchev–Trinajstić information content (AvgIpc) is 3.77. The van der Waals surface area contributed by atoms with E-state index in [0.29, 0.717) is 25.7 Å². The van der Waals surface area contributed by atoms with Gasteiger partial charge in [0.05, 0.1) is 26.1 Å². The van der Waals surface area contributed by atoms with Crippen molar-refractivity contribution in [1.29, 1.82) is 0 Å². The fourth-order valence-corrected chi connectivity index (χ4v) is 10.7. The van der Waals surface area contributed by atoms with E-state index >= 15 is 0 Å². The summed E-state index contributed by atoms with van der Waals surface area (Å²) in [7, 11) is 0. The Morgan fingerprint density at radius 3 is 0.641 bits per heavy atom. The Kier molecular flexibility index (Phi) is 80.0. The van der Waals surface area contributed by atoms with E-state index in [1.807, 2.05) is 0 Å². The summed E-state index contributed by atoms with van der Waals surface area (Å²) in [5.74, 6) is -3.34. The van der Waals surface area contributed by atoms with Gasteiger partial charge >= 0.3 is 35.8 Å². The van der Waals surface area contributed by atoms with Crippen molar-refractivity contribution in [2.75, 3.05) is 26.4 Å². The molecule has 0 spiro atoms. The summed E-state index contributed by atoms with van der Waals surface area (Å²) in [6.45, 7) is 8.25. The number of carbonyl (C=O) groups is 6. The van der Waals surface area contributed by atoms with Crippen LogP contribution in [0.4, 0.5) is 0 Å². The van der Waals surface area contributed by atoms with Crippen LogP contribution in [-0.4, -0.2) is 94.9 Å². The van der Waals surface area contributed by atoms with Crippen LogP contribution in [-0.2, 0) is 47.7 Å². The second-order valence-corrected chi connectivity index (χ2v) is 25.9. The number of carbonyl (C=O) groups excluding carboxylic acids is 4. The van der Waals surface area contributed by atoms with Crippen molar-refractivity contribution >= 4 is 35.8 Å². The molecule has 4 N–H and O–H groups in total. The molecule has 0 aromatic heterocycles. The van der Waals surface area contributed by atoms with E-state index in [-0.39, 0.29) is 63.1 Å². The van der Waals surface area contributed by atoms with E-state index in [4.69, 9.17) is 29.2 Å². The molecule has 0 aliphatic rings. The van der Waals surface area contributed by atoms with Gasteiger partial charge < -0.3 is 39.4 Å². The number of esters is 4. The third-order valence-electron chi connectivity index (χ3n) is 16.7. The van der Waals surface area contributed by atoms with Crippen LogP contribution in [0.25, 0.3) is 0 Å². The first-order valence-corrected chi connectivity index (χ1v) is 38.6. The molecule has 2 unspecified atom stereocenters. The third-order valence-corrected chi connectivity index (χ3v) is 16.7. The highest BCUT2D eigenvalue weighted by atomic mass is 16.6. The van der Waals surface area contributed by atoms with Gasteiger partial charge in [-0.1, -0.05) is 309 Å². The molecule has 0 aliphatic carbocycles. The predicted molar refractivity (Wildman–Crippen MR) is 380 cm³/mol. The molecule has 0 rings (SSSR count). The van der Waals surface area contributed by atoms with E-state index in [1.165, 1.54) is 244 Å². The van der Waals surface area contributed by atoms with Gasteiger partial charge in [0.2, 0.25) is 0 Å². The van der Waals surface area contributed by atoms with Gasteiger partial charge in [0, 0.05) is 25.7 Å². The number of unbranched alkanes of at least 4 members (excludes halogenated alkanes) is 46. The lowest BCUT2D eigenvalue weighted by Gasteiger charge is -2.15. The van der Waals surface area contributed by atoms with E-state index in [9.17, 15) is 39.0 Å². The van der Waals surface area contributed by atoms with Gasteiger partial charge in [0.25, 0.3) is 0 Å². The first-order valence-electron chi connectivity index (χ1n) is 38.6. The number of aliphatic carboxylic acids is 2. The van der Waals surface area contributed by atoms with Crippen LogP contribution in [0.5, 0.6) is 0 Å². The number of hydrogen-bond acceptors (Lipinski definition) is 12. The number of aliphatic hydroxyl groups excluding tert-OH is 2. The largest absolute Gasteiger partial charge is 0.481 e. The zero-order valence-corrected chi connectivity index (χ0v) is 60.2. The van der Waals surface area contributed by atoms with Crippen molar-refractivity contribution in [1.82, 2.24) is 0 Å². The zero-order chi connectivity index (χ0) is 68.1. The first-order chi connectivity index (χ1) is 44.9. The van der Waals surface area contributed by atoms with Crippen molar-refractivity contribution in [2.45, 2.75) is 412 Å². The van der Waals surface area contributed by atoms with Gasteiger partial charge in [0.15, 0.2) is 12.2 Å². The molecule has 0 aromatic rings. The molecule has 14 nitrogen and oxygen atoms in total. The molecule has 0 fully saturated rings. The van der Waals surface area contributed by atoms with Crippen LogP contribution in [0.2, 0.25) is 0 Å². The Morgan fingerprint density at radius 1 is 0.261 bits per heavy atom. The highest BCUT2D eigenvalue weighted by Gasteiger charge is 2.18. The standard InChI is InChI=1S/2C37H70O5.C4H6O4/c2*1-3-5-7-9-11-13-15-17-18-20-22-24-26-28-30-32-37(40)42-35(33-38)34-41-36(39)31-29-27-25-23-21-19-16-14-12-10-8-6-4-2;5-3(6)1-2-4(7)8/h2*17-18,35,38H,3-16,19-34H2,1-2H3;1-2H2,(H,5,6)(H,7,8)/b2*18-17-;. The minimum absolute atomic E-state index is 0.0636. The van der Waals surface area contributed by atoms with E-state index in [2.05, 4.69) is 52.0 Å². The molecular formula is C78H146O14. The lowest BCUT2D eigenvalue weighted by Crippen LogP contribution is -2.28. The van der Waals surface area contributed by atoms with Crippen LogP contribution in [0.15, 0.2) is 24.3 Å². The van der Waals surface area contributed by atoms with Gasteiger partial charge in [-0.3, -0.25) is 28.8 Å². The monoisotopic (exact) mass is 1310 g/mol. The van der Waals surface area contributed by atoms with Crippen LogP contribution in [0.1, 0.15) is 400 Å². The topological polar surface area (TPSA) is 220 Å². The van der Waals surface area contributed by atoms with Gasteiger partial charge in [-0.05, 0) is 77.0 Å². The molecule has 0 aromatic carbocycles. The molecule has 0 saturated heterocycles. The number of rotatable bonds is 69. The minimum Gasteiger partial charge on any atom is -0.481 e. The molecule has 0 aliphatic heterocycles. The summed E-state index contributed by atoms with van der Waals surface area (Å²) < 4.78 is 21.1. The van der Waals surface area contributed by atoms with Crippen LogP contribution in [0.3, 0.4) is 0 Å². The second-order valence-electron chi connectivity index (χ2n) is 25.9. The van der Waals surface area contributed by atoms with Gasteiger partial charge in [-0.2, -0.15) is 0 Å². The number of aliphatic hydroxyl groups is 2. The maximum Gasteiger partial charge on any atom is 0.306 e. The minimum atomic E-state index is -1.08. The number of carboxylic acids is 2. The van der Waals surface area contributed by atoms with Crippen molar-refractivity contribution in [3.63, 3.8) is 0 Å². The molecule has 0 bridgehead atoms. The normalized spacial score (nSPS) is 11.8. The van der Waals surface area contributed by atoms with Crippen molar-refractivity contribution < 1.29 is 68.1 Å². The van der Waals surface area contributed by atoms with Crippen molar-refractivity contribution in [3.8, 4) is 0 Å². The summed E-state index contributed by atoms with van der Waals surface area (Å²) in [5.41, 5.74) is 0. The number of carboxylic acid groups (broad SMARTS) is 2. The summed E-state index contributed by atoms with van der Waals surface area (Å²) in [5, 5.41) is 34.8. The lowest BCUT2D eigenvalue weighted by molar-refractivity contribution is -0.161. The summed E-state index contributed by atoms with van der Waals surface area (Å²) in [6.07, 6.45) is 73.2. The predicted octanol–water partition coefficient (Wildman–Crippen LogP) is 21.8. The Morgan fingerprint density at radius 2 is 0.446 bits per heavy atom. The number of allylic oxidation sites excluding steroid dienone is 4. The third kappa shape index (κ3) is 82.3. The van der Waals surface area contributed by atoms with Gasteiger partial charge in [-0.15, -0.1) is 0 Å². The van der Waals surface area contributed by atoms with Crippen LogP contribution in [0, 0.1) is 0 Å². The second kappa shape index (κ2) is 79.7. The Balaban J connectivity index is -0.00000153. The molecule has 0 radical (unpaired) electrons. The first kappa shape index (κ1) is 92.4. The summed E-state index contributed by atoms with van der Waals surface area (Å²) >= 11 is 0. The zero-order valence-electron chi connectivity index (χ0n) is 60.2. The van der Waals surface area contributed by atoms with Crippen molar-refractivity contribution in [2.24, 2.45) is 0 Å².